The fourth-order valence-electron chi connectivity index (χ4n) is 3.97. The Bertz CT molecular complexity index is 1140. The summed E-state index contributed by atoms with van der Waals surface area (Å²) >= 11 is 6.04. The highest BCUT2D eigenvalue weighted by Gasteiger charge is 2.60. The average Bonchev–Trinajstić information content (AvgIpc) is 2.93. The van der Waals surface area contributed by atoms with Gasteiger partial charge in [0, 0.05) is 17.6 Å². The number of hydrogen-bond donors (Lipinski definition) is 3. The molecule has 1 aromatic heterocycles. The lowest BCUT2D eigenvalue weighted by Crippen LogP contribution is -2.50. The van der Waals surface area contributed by atoms with Gasteiger partial charge in [0.05, 0.1) is 19.3 Å². The molecule has 0 bridgehead atoms. The first-order chi connectivity index (χ1) is 15.4. The van der Waals surface area contributed by atoms with Gasteiger partial charge in [0.2, 0.25) is 0 Å². The molecule has 0 radical (unpaired) electrons. The molecule has 13 heteroatoms. The van der Waals surface area contributed by atoms with Gasteiger partial charge in [-0.05, 0) is 37.6 Å². The predicted octanol–water partition coefficient (Wildman–Crippen LogP) is 2.18. The standard InChI is InChI=1S/C20H25ClN3O8P/c1-19(16(25)20(2,27)17(31-19)24-8-6-15(22)23-18(24)26)11-30-33(28)29-9-7-14(32-33)12-4-3-5-13(21)10-12/h3-6,8,10,14,16-17,25,27H,7,9,11H2,1-2H3,(H2,22,23,26)/t14?,16-,17-,19-,20-,33?/m1/s1. The second kappa shape index (κ2) is 8.75. The number of benzene rings is 1. The van der Waals surface area contributed by atoms with E-state index in [0.29, 0.717) is 11.4 Å². The highest BCUT2D eigenvalue weighted by atomic mass is 35.5. The second-order valence-corrected chi connectivity index (χ2v) is 10.5. The maximum Gasteiger partial charge on any atom is 0.475 e. The zero-order valence-electron chi connectivity index (χ0n) is 18.0. The molecule has 11 nitrogen and oxygen atoms in total. The van der Waals surface area contributed by atoms with E-state index in [1.54, 1.807) is 24.3 Å². The topological polar surface area (TPSA) is 155 Å². The van der Waals surface area contributed by atoms with Crippen molar-refractivity contribution in [3.05, 3.63) is 57.6 Å². The van der Waals surface area contributed by atoms with Crippen molar-refractivity contribution in [3.8, 4) is 0 Å². The monoisotopic (exact) mass is 501 g/mol. The number of phosphoric acid groups is 1. The third kappa shape index (κ3) is 4.73. The number of ether oxygens (including phenoxy) is 1. The average molecular weight is 502 g/mol. The van der Waals surface area contributed by atoms with Crippen LogP contribution in [0.25, 0.3) is 0 Å². The molecule has 6 atom stereocenters. The van der Waals surface area contributed by atoms with E-state index in [0.717, 1.165) is 10.1 Å². The Morgan fingerprint density at radius 3 is 2.85 bits per heavy atom. The summed E-state index contributed by atoms with van der Waals surface area (Å²) in [6, 6.07) is 8.31. The number of nitrogens with zero attached hydrogens (tertiary/aromatic N) is 2. The molecule has 0 amide bonds. The number of anilines is 1. The molecule has 2 unspecified atom stereocenters. The van der Waals surface area contributed by atoms with Crippen molar-refractivity contribution in [3.63, 3.8) is 0 Å². The molecule has 1 aromatic carbocycles. The highest BCUT2D eigenvalue weighted by molar-refractivity contribution is 7.48. The predicted molar refractivity (Wildman–Crippen MR) is 117 cm³/mol. The van der Waals surface area contributed by atoms with Crippen molar-refractivity contribution in [2.75, 3.05) is 18.9 Å². The van der Waals surface area contributed by atoms with Gasteiger partial charge in [-0.2, -0.15) is 4.98 Å². The number of aromatic nitrogens is 2. The molecule has 3 heterocycles. The second-order valence-electron chi connectivity index (χ2n) is 8.45. The molecule has 2 saturated heterocycles. The zero-order valence-corrected chi connectivity index (χ0v) is 19.6. The number of halogens is 1. The van der Waals surface area contributed by atoms with E-state index in [1.165, 1.54) is 26.1 Å². The molecule has 2 aliphatic rings. The lowest BCUT2D eigenvalue weighted by atomic mass is 9.89. The molecular formula is C20H25ClN3O8P. The Kier molecular flexibility index (Phi) is 6.45. The van der Waals surface area contributed by atoms with Crippen LogP contribution in [0.5, 0.6) is 0 Å². The zero-order chi connectivity index (χ0) is 24.0. The van der Waals surface area contributed by atoms with Gasteiger partial charge in [-0.15, -0.1) is 0 Å². The van der Waals surface area contributed by atoms with Crippen LogP contribution in [0.15, 0.2) is 41.3 Å². The van der Waals surface area contributed by atoms with Crippen molar-refractivity contribution in [2.24, 2.45) is 0 Å². The summed E-state index contributed by atoms with van der Waals surface area (Å²) in [7, 11) is -4.03. The fourth-order valence-corrected chi connectivity index (χ4v) is 5.64. The van der Waals surface area contributed by atoms with Crippen LogP contribution in [0.2, 0.25) is 5.02 Å². The Labute approximate surface area is 194 Å². The number of phosphoric ester groups is 1. The van der Waals surface area contributed by atoms with Gasteiger partial charge >= 0.3 is 13.5 Å². The van der Waals surface area contributed by atoms with Gasteiger partial charge in [0.25, 0.3) is 0 Å². The van der Waals surface area contributed by atoms with Crippen LogP contribution in [0.3, 0.4) is 0 Å². The molecule has 0 aliphatic carbocycles. The summed E-state index contributed by atoms with van der Waals surface area (Å²) in [5.74, 6) is -0.000478. The van der Waals surface area contributed by atoms with Crippen LogP contribution in [-0.2, 0) is 22.9 Å². The number of aliphatic hydroxyl groups is 2. The quantitative estimate of drug-likeness (QED) is 0.519. The van der Waals surface area contributed by atoms with Crippen LogP contribution in [0.4, 0.5) is 5.82 Å². The highest BCUT2D eigenvalue weighted by Crippen LogP contribution is 2.58. The molecular weight excluding hydrogens is 477 g/mol. The summed E-state index contributed by atoms with van der Waals surface area (Å²) in [4.78, 5) is 15.9. The van der Waals surface area contributed by atoms with E-state index in [2.05, 4.69) is 4.98 Å². The van der Waals surface area contributed by atoms with Gasteiger partial charge in [-0.3, -0.25) is 18.1 Å². The Balaban J connectivity index is 1.51. The van der Waals surface area contributed by atoms with Crippen LogP contribution >= 0.6 is 19.4 Å². The van der Waals surface area contributed by atoms with Crippen LogP contribution in [-0.4, -0.2) is 50.3 Å². The molecule has 4 rings (SSSR count). The summed E-state index contributed by atoms with van der Waals surface area (Å²) in [6.07, 6.45) is -1.67. The van der Waals surface area contributed by atoms with E-state index in [-0.39, 0.29) is 12.4 Å². The lowest BCUT2D eigenvalue weighted by molar-refractivity contribution is -0.124. The van der Waals surface area contributed by atoms with E-state index in [9.17, 15) is 19.6 Å². The summed E-state index contributed by atoms with van der Waals surface area (Å²) in [5, 5.41) is 22.3. The molecule has 0 saturated carbocycles. The fraction of sp³-hybridized carbons (Fsp3) is 0.500. The minimum atomic E-state index is -4.03. The van der Waals surface area contributed by atoms with Gasteiger partial charge < -0.3 is 20.7 Å². The smallest absolute Gasteiger partial charge is 0.387 e. The molecule has 180 valence electrons. The minimum Gasteiger partial charge on any atom is -0.387 e. The van der Waals surface area contributed by atoms with Crippen molar-refractivity contribution in [2.45, 2.75) is 49.9 Å². The first kappa shape index (κ1) is 24.3. The van der Waals surface area contributed by atoms with E-state index in [4.69, 9.17) is 35.6 Å². The number of rotatable bonds is 5. The molecule has 2 fully saturated rings. The van der Waals surface area contributed by atoms with Crippen molar-refractivity contribution < 1.29 is 33.1 Å². The summed E-state index contributed by atoms with van der Waals surface area (Å²) in [5.41, 5.74) is 1.99. The van der Waals surface area contributed by atoms with Gasteiger partial charge in [0.1, 0.15) is 23.1 Å². The molecule has 4 N–H and O–H groups in total. The minimum absolute atomic E-state index is 0.000478. The third-order valence-electron chi connectivity index (χ3n) is 5.73. The molecule has 33 heavy (non-hydrogen) atoms. The molecule has 2 aliphatic heterocycles. The number of nitrogen functional groups attached to an aromatic ring is 1. The van der Waals surface area contributed by atoms with Crippen LogP contribution < -0.4 is 11.4 Å². The lowest BCUT2D eigenvalue weighted by Gasteiger charge is -2.33. The number of hydrogen-bond acceptors (Lipinski definition) is 10. The first-order valence-electron chi connectivity index (χ1n) is 10.2. The van der Waals surface area contributed by atoms with Gasteiger partial charge in [-0.1, -0.05) is 23.7 Å². The first-order valence-corrected chi connectivity index (χ1v) is 12.0. The van der Waals surface area contributed by atoms with E-state index < -0.39 is 49.8 Å². The van der Waals surface area contributed by atoms with E-state index >= 15 is 0 Å². The number of nitrogens with two attached hydrogens (primary N) is 1. The Hall–Kier alpha value is -1.82. The van der Waals surface area contributed by atoms with E-state index in [1.807, 2.05) is 0 Å². The SMILES string of the molecule is C[C@]1(O)[C@H](n2ccc(N)nc2=O)O[C@](C)(COP2(=O)OCCC(c3cccc(Cl)c3)O2)[C@H]1O. The van der Waals surface area contributed by atoms with Crippen molar-refractivity contribution in [1.29, 1.82) is 0 Å². The van der Waals surface area contributed by atoms with Crippen molar-refractivity contribution >= 4 is 25.2 Å². The summed E-state index contributed by atoms with van der Waals surface area (Å²) < 4.78 is 36.4. The number of aliphatic hydroxyl groups excluding tert-OH is 1. The van der Waals surface area contributed by atoms with Crippen LogP contribution in [0, 0.1) is 0 Å². The maximum absolute atomic E-state index is 13.1. The van der Waals surface area contributed by atoms with Gasteiger partial charge in [0.15, 0.2) is 6.23 Å². The largest absolute Gasteiger partial charge is 0.475 e. The van der Waals surface area contributed by atoms with Crippen LogP contribution in [0.1, 0.15) is 38.2 Å². The Morgan fingerprint density at radius 2 is 2.15 bits per heavy atom. The Morgan fingerprint density at radius 1 is 1.39 bits per heavy atom. The van der Waals surface area contributed by atoms with Crippen molar-refractivity contribution in [1.82, 2.24) is 9.55 Å². The summed E-state index contributed by atoms with van der Waals surface area (Å²) in [6.45, 7) is 2.41. The maximum atomic E-state index is 13.1. The molecule has 0 spiro atoms. The normalized spacial score (nSPS) is 36.7. The molecule has 2 aromatic rings. The third-order valence-corrected chi connectivity index (χ3v) is 7.42. The van der Waals surface area contributed by atoms with Gasteiger partial charge in [-0.25, -0.2) is 9.36 Å².